The molecule has 0 spiro atoms. The van der Waals surface area contributed by atoms with Gasteiger partial charge in [0, 0.05) is 11.8 Å². The molecule has 0 aromatic carbocycles. The van der Waals surface area contributed by atoms with Gasteiger partial charge in [0.2, 0.25) is 0 Å². The molecule has 2 heterocycles. The maximum Gasteiger partial charge on any atom is 0.306 e. The maximum absolute atomic E-state index is 11.1. The third-order valence-electron chi connectivity index (χ3n) is 6.26. The van der Waals surface area contributed by atoms with E-state index in [1.165, 1.54) is 0 Å². The van der Waals surface area contributed by atoms with Gasteiger partial charge in [0.05, 0.1) is 19.1 Å². The molecular formula is C19H29O6. The molecule has 2 saturated carbocycles. The van der Waals surface area contributed by atoms with Crippen molar-refractivity contribution < 1.29 is 28.8 Å². The molecule has 1 N–H and O–H groups in total. The highest BCUT2D eigenvalue weighted by Crippen LogP contribution is 2.37. The molecule has 6 nitrogen and oxygen atoms in total. The van der Waals surface area contributed by atoms with Gasteiger partial charge in [-0.25, -0.2) is 0 Å². The zero-order valence-corrected chi connectivity index (χ0v) is 14.7. The fourth-order valence-electron chi connectivity index (χ4n) is 4.63. The van der Waals surface area contributed by atoms with Crippen molar-refractivity contribution in [1.29, 1.82) is 0 Å². The molecule has 2 aliphatic heterocycles. The lowest BCUT2D eigenvalue weighted by molar-refractivity contribution is -0.354. The molecule has 0 aromatic heterocycles. The minimum atomic E-state index is -0.676. The van der Waals surface area contributed by atoms with Gasteiger partial charge < -0.3 is 24.1 Å². The van der Waals surface area contributed by atoms with Crippen LogP contribution in [0, 0.1) is 24.2 Å². The van der Waals surface area contributed by atoms with E-state index in [0.29, 0.717) is 32.0 Å². The first-order chi connectivity index (χ1) is 12.2. The second kappa shape index (κ2) is 7.91. The smallest absolute Gasteiger partial charge is 0.306 e. The van der Waals surface area contributed by atoms with Crippen LogP contribution in [-0.2, 0) is 23.7 Å². The Morgan fingerprint density at radius 1 is 0.800 bits per heavy atom. The molecule has 25 heavy (non-hydrogen) atoms. The van der Waals surface area contributed by atoms with Crippen molar-refractivity contribution in [2.75, 3.05) is 13.2 Å². The van der Waals surface area contributed by atoms with Crippen LogP contribution in [0.15, 0.2) is 0 Å². The highest BCUT2D eigenvalue weighted by molar-refractivity contribution is 5.69. The average Bonchev–Trinajstić information content (AvgIpc) is 2.68. The number of ether oxygens (including phenoxy) is 4. The van der Waals surface area contributed by atoms with Crippen molar-refractivity contribution in [3.05, 3.63) is 6.42 Å². The Labute approximate surface area is 149 Å². The quantitative estimate of drug-likeness (QED) is 0.841. The van der Waals surface area contributed by atoms with Gasteiger partial charge in [-0.05, 0) is 57.8 Å². The van der Waals surface area contributed by atoms with Crippen LogP contribution in [0.4, 0.5) is 0 Å². The molecule has 141 valence electrons. The summed E-state index contributed by atoms with van der Waals surface area (Å²) in [5.41, 5.74) is 0. The van der Waals surface area contributed by atoms with Crippen LogP contribution in [0.2, 0.25) is 0 Å². The van der Waals surface area contributed by atoms with Gasteiger partial charge >= 0.3 is 5.97 Å². The second-order valence-corrected chi connectivity index (χ2v) is 7.91. The number of rotatable bonds is 3. The Hall–Kier alpha value is -0.690. The van der Waals surface area contributed by atoms with Gasteiger partial charge in [0.1, 0.15) is 12.2 Å². The molecule has 1 radical (unpaired) electrons. The Morgan fingerprint density at radius 2 is 1.32 bits per heavy atom. The van der Waals surface area contributed by atoms with Crippen molar-refractivity contribution in [2.24, 2.45) is 17.8 Å². The summed E-state index contributed by atoms with van der Waals surface area (Å²) in [7, 11) is 0. The molecule has 2 saturated heterocycles. The van der Waals surface area contributed by atoms with Crippen LogP contribution in [0.3, 0.4) is 0 Å². The molecule has 0 aromatic rings. The number of hydrogen-bond donors (Lipinski definition) is 1. The fraction of sp³-hybridized carbons (Fsp3) is 0.895. The van der Waals surface area contributed by atoms with E-state index in [1.54, 1.807) is 0 Å². The summed E-state index contributed by atoms with van der Waals surface area (Å²) >= 11 is 0. The average molecular weight is 353 g/mol. The summed E-state index contributed by atoms with van der Waals surface area (Å²) in [6.45, 7) is 1.12. The van der Waals surface area contributed by atoms with E-state index in [9.17, 15) is 4.79 Å². The van der Waals surface area contributed by atoms with E-state index >= 15 is 0 Å². The number of carboxylic acid groups (broad SMARTS) is 1. The number of carboxylic acids is 1. The number of aliphatic carboxylic acids is 1. The van der Waals surface area contributed by atoms with Gasteiger partial charge in [-0.15, -0.1) is 0 Å². The van der Waals surface area contributed by atoms with Gasteiger partial charge in [-0.1, -0.05) is 0 Å². The largest absolute Gasteiger partial charge is 0.481 e. The minimum absolute atomic E-state index is 0.0451. The van der Waals surface area contributed by atoms with Crippen LogP contribution in [0.25, 0.3) is 0 Å². The van der Waals surface area contributed by atoms with Crippen LogP contribution >= 0.6 is 0 Å². The zero-order chi connectivity index (χ0) is 17.2. The van der Waals surface area contributed by atoms with E-state index in [4.69, 9.17) is 24.1 Å². The Balaban J connectivity index is 1.26. The van der Waals surface area contributed by atoms with Crippen LogP contribution < -0.4 is 0 Å². The summed E-state index contributed by atoms with van der Waals surface area (Å²) in [5, 5.41) is 9.12. The van der Waals surface area contributed by atoms with E-state index < -0.39 is 5.97 Å². The molecule has 4 atom stereocenters. The summed E-state index contributed by atoms with van der Waals surface area (Å²) in [4.78, 5) is 11.1. The Bertz CT molecular complexity index is 455. The fourth-order valence-corrected chi connectivity index (χ4v) is 4.63. The first kappa shape index (κ1) is 17.7. The van der Waals surface area contributed by atoms with Gasteiger partial charge in [-0.3, -0.25) is 4.79 Å². The van der Waals surface area contributed by atoms with Gasteiger partial charge in [0.15, 0.2) is 12.6 Å². The van der Waals surface area contributed by atoms with Crippen LogP contribution in [0.5, 0.6) is 0 Å². The monoisotopic (exact) mass is 353 g/mol. The number of hydrogen-bond acceptors (Lipinski definition) is 5. The van der Waals surface area contributed by atoms with Crippen molar-refractivity contribution >= 4 is 5.97 Å². The maximum atomic E-state index is 11.1. The molecule has 4 fully saturated rings. The molecule has 4 rings (SSSR count). The summed E-state index contributed by atoms with van der Waals surface area (Å²) in [6, 6.07) is 0. The zero-order valence-electron chi connectivity index (χ0n) is 14.7. The molecule has 0 bridgehead atoms. The van der Waals surface area contributed by atoms with E-state index in [1.807, 2.05) is 0 Å². The predicted octanol–water partition coefficient (Wildman–Crippen LogP) is 2.75. The third-order valence-corrected chi connectivity index (χ3v) is 6.26. The van der Waals surface area contributed by atoms with Crippen molar-refractivity contribution in [1.82, 2.24) is 0 Å². The molecule has 2 aliphatic carbocycles. The van der Waals surface area contributed by atoms with E-state index in [0.717, 1.165) is 38.5 Å². The molecule has 6 heteroatoms. The van der Waals surface area contributed by atoms with Crippen LogP contribution in [-0.4, -0.2) is 49.1 Å². The standard InChI is InChI=1S/C19H29O6/c20-17(21)12-6-8-14(9-7-12)19-23-11-15-16(25-19)10-22-18(24-15)13-4-2-1-3-5-13/h1,12-16,18-19H,2-11H2,(H,20,21). The Morgan fingerprint density at radius 3 is 1.84 bits per heavy atom. The number of fused-ring (bicyclic) bond motifs is 1. The lowest BCUT2D eigenvalue weighted by atomic mass is 9.81. The van der Waals surface area contributed by atoms with Crippen LogP contribution in [0.1, 0.15) is 51.4 Å². The summed E-state index contributed by atoms with van der Waals surface area (Å²) in [5.74, 6) is -0.120. The highest BCUT2D eigenvalue weighted by atomic mass is 16.8. The first-order valence-corrected chi connectivity index (χ1v) is 9.79. The molecule has 4 aliphatic rings. The van der Waals surface area contributed by atoms with E-state index in [-0.39, 0.29) is 36.6 Å². The van der Waals surface area contributed by atoms with E-state index in [2.05, 4.69) is 6.42 Å². The normalized spacial score (nSPS) is 43.4. The third kappa shape index (κ3) is 4.02. The second-order valence-electron chi connectivity index (χ2n) is 7.91. The Kier molecular flexibility index (Phi) is 5.60. The topological polar surface area (TPSA) is 74.2 Å². The lowest BCUT2D eigenvalue weighted by Gasteiger charge is -2.46. The van der Waals surface area contributed by atoms with Gasteiger partial charge in [-0.2, -0.15) is 0 Å². The van der Waals surface area contributed by atoms with Gasteiger partial charge in [0.25, 0.3) is 0 Å². The van der Waals surface area contributed by atoms with Crippen molar-refractivity contribution in [2.45, 2.75) is 76.2 Å². The first-order valence-electron chi connectivity index (χ1n) is 9.79. The minimum Gasteiger partial charge on any atom is -0.481 e. The summed E-state index contributed by atoms with van der Waals surface area (Å²) in [6.07, 6.45) is 9.57. The van der Waals surface area contributed by atoms with Crippen molar-refractivity contribution in [3.8, 4) is 0 Å². The predicted molar refractivity (Wildman–Crippen MR) is 88.6 cm³/mol. The molecular weight excluding hydrogens is 324 g/mol. The number of carbonyl (C=O) groups is 1. The molecule has 4 unspecified atom stereocenters. The molecule has 0 amide bonds. The lowest BCUT2D eigenvalue weighted by Crippen LogP contribution is -2.55. The summed E-state index contributed by atoms with van der Waals surface area (Å²) < 4.78 is 24.2. The SMILES string of the molecule is O=C(O)C1CCC(C2OCC3OC(C4CC[CH]CC4)OCC3O2)CC1. The van der Waals surface area contributed by atoms with Crippen molar-refractivity contribution in [3.63, 3.8) is 0 Å². The highest BCUT2D eigenvalue weighted by Gasteiger charge is 2.43.